The fraction of sp³-hybridized carbons (Fsp3) is 0.296. The molecular weight excluding hydrogens is 412 g/mol. The van der Waals surface area contributed by atoms with Crippen molar-refractivity contribution in [1.82, 2.24) is 19.7 Å². The number of benzene rings is 2. The molecule has 0 aliphatic heterocycles. The number of aryl methyl sites for hydroxylation is 5. The van der Waals surface area contributed by atoms with Gasteiger partial charge in [-0.1, -0.05) is 47.5 Å². The summed E-state index contributed by atoms with van der Waals surface area (Å²) in [5.74, 6) is -0.0656. The Hall–Kier alpha value is -3.67. The highest BCUT2D eigenvalue weighted by Crippen LogP contribution is 2.26. The molecule has 2 aromatic carbocycles. The summed E-state index contributed by atoms with van der Waals surface area (Å²) in [7, 11) is 1.77. The van der Waals surface area contributed by atoms with E-state index in [0.29, 0.717) is 18.5 Å². The first-order chi connectivity index (χ1) is 15.8. The number of aromatic nitrogens is 3. The Kier molecular flexibility index (Phi) is 6.18. The Balaban J connectivity index is 1.59. The molecule has 6 heteroatoms. The highest BCUT2D eigenvalue weighted by atomic mass is 16.1. The lowest BCUT2D eigenvalue weighted by atomic mass is 10.0. The number of carbonyl (C=O) groups excluding carboxylic acids is 1. The molecule has 2 aromatic heterocycles. The van der Waals surface area contributed by atoms with Crippen molar-refractivity contribution in [3.8, 4) is 5.69 Å². The van der Waals surface area contributed by atoms with Crippen LogP contribution in [-0.2, 0) is 24.8 Å². The SMILES string of the molecule is Cc1ccc(CNC(=O)CCc2c(C)c3c(C)nn(-c4ccc(C)cc4)c3n(C)c2=O)cc1. The zero-order valence-electron chi connectivity index (χ0n) is 19.9. The lowest BCUT2D eigenvalue weighted by molar-refractivity contribution is -0.121. The van der Waals surface area contributed by atoms with Crippen molar-refractivity contribution >= 4 is 16.9 Å². The van der Waals surface area contributed by atoms with Crippen LogP contribution in [0.15, 0.2) is 53.3 Å². The summed E-state index contributed by atoms with van der Waals surface area (Å²) in [5, 5.41) is 8.66. The third kappa shape index (κ3) is 4.46. The second-order valence-corrected chi connectivity index (χ2v) is 8.76. The zero-order chi connectivity index (χ0) is 23.7. The summed E-state index contributed by atoms with van der Waals surface area (Å²) >= 11 is 0. The monoisotopic (exact) mass is 442 g/mol. The lowest BCUT2D eigenvalue weighted by Gasteiger charge is -2.13. The molecule has 4 rings (SSSR count). The molecule has 0 saturated heterocycles. The van der Waals surface area contributed by atoms with Crippen LogP contribution in [0.25, 0.3) is 16.7 Å². The fourth-order valence-electron chi connectivity index (χ4n) is 4.27. The molecule has 33 heavy (non-hydrogen) atoms. The van der Waals surface area contributed by atoms with E-state index in [1.54, 1.807) is 11.6 Å². The second kappa shape index (κ2) is 9.06. The molecule has 1 amide bonds. The first-order valence-corrected chi connectivity index (χ1v) is 11.2. The van der Waals surface area contributed by atoms with Crippen LogP contribution in [0.1, 0.15) is 39.9 Å². The van der Waals surface area contributed by atoms with Gasteiger partial charge >= 0.3 is 0 Å². The quantitative estimate of drug-likeness (QED) is 0.486. The van der Waals surface area contributed by atoms with Crippen molar-refractivity contribution in [3.05, 3.63) is 92.4 Å². The van der Waals surface area contributed by atoms with Gasteiger partial charge in [0, 0.05) is 31.0 Å². The van der Waals surface area contributed by atoms with E-state index in [9.17, 15) is 9.59 Å². The predicted octanol–water partition coefficient (Wildman–Crippen LogP) is 4.21. The number of nitrogens with one attached hydrogen (secondary N) is 1. The molecule has 0 radical (unpaired) electrons. The van der Waals surface area contributed by atoms with Crippen LogP contribution in [0.2, 0.25) is 0 Å². The van der Waals surface area contributed by atoms with Gasteiger partial charge in [0.05, 0.1) is 11.4 Å². The van der Waals surface area contributed by atoms with Crippen molar-refractivity contribution in [2.24, 2.45) is 7.05 Å². The summed E-state index contributed by atoms with van der Waals surface area (Å²) < 4.78 is 3.48. The van der Waals surface area contributed by atoms with E-state index in [1.807, 2.05) is 80.9 Å². The Morgan fingerprint density at radius 3 is 2.18 bits per heavy atom. The average molecular weight is 443 g/mol. The van der Waals surface area contributed by atoms with E-state index in [2.05, 4.69) is 5.32 Å². The third-order valence-corrected chi connectivity index (χ3v) is 6.24. The number of nitrogens with zero attached hydrogens (tertiary/aromatic N) is 3. The smallest absolute Gasteiger partial charge is 0.255 e. The summed E-state index contributed by atoms with van der Waals surface area (Å²) in [6.45, 7) is 8.48. The molecule has 0 saturated carbocycles. The van der Waals surface area contributed by atoms with Gasteiger partial charge < -0.3 is 5.32 Å². The standard InChI is InChI=1S/C27H30N4O2/c1-17-6-10-21(11-7-17)16-28-24(32)15-14-23-19(3)25-20(4)29-31(26(25)30(5)27(23)33)22-12-8-18(2)9-13-22/h6-13H,14-16H2,1-5H3,(H,28,32). The summed E-state index contributed by atoms with van der Waals surface area (Å²) in [4.78, 5) is 25.7. The number of rotatable bonds is 6. The van der Waals surface area contributed by atoms with Gasteiger partial charge in [0.15, 0.2) is 0 Å². The minimum absolute atomic E-state index is 0.0656. The van der Waals surface area contributed by atoms with Gasteiger partial charge in [0.1, 0.15) is 5.65 Å². The van der Waals surface area contributed by atoms with Crippen LogP contribution in [0.5, 0.6) is 0 Å². The number of hydrogen-bond donors (Lipinski definition) is 1. The minimum atomic E-state index is -0.0837. The maximum Gasteiger partial charge on any atom is 0.255 e. The van der Waals surface area contributed by atoms with Crippen molar-refractivity contribution in [1.29, 1.82) is 0 Å². The van der Waals surface area contributed by atoms with E-state index in [4.69, 9.17) is 5.10 Å². The number of pyridine rings is 1. The van der Waals surface area contributed by atoms with Gasteiger partial charge in [0.25, 0.3) is 5.56 Å². The van der Waals surface area contributed by atoms with Gasteiger partial charge in [-0.15, -0.1) is 0 Å². The average Bonchev–Trinajstić information content (AvgIpc) is 3.15. The second-order valence-electron chi connectivity index (χ2n) is 8.76. The largest absolute Gasteiger partial charge is 0.352 e. The van der Waals surface area contributed by atoms with E-state index in [1.165, 1.54) is 11.1 Å². The Bertz CT molecular complexity index is 1380. The maximum atomic E-state index is 13.3. The number of carbonyl (C=O) groups is 1. The Morgan fingerprint density at radius 1 is 0.939 bits per heavy atom. The molecule has 0 bridgehead atoms. The van der Waals surface area contributed by atoms with E-state index in [-0.39, 0.29) is 17.9 Å². The van der Waals surface area contributed by atoms with Gasteiger partial charge in [-0.25, -0.2) is 4.68 Å². The predicted molar refractivity (Wildman–Crippen MR) is 132 cm³/mol. The first-order valence-electron chi connectivity index (χ1n) is 11.2. The molecule has 2 heterocycles. The molecule has 0 aliphatic carbocycles. The van der Waals surface area contributed by atoms with Crippen molar-refractivity contribution in [2.45, 2.75) is 47.1 Å². The van der Waals surface area contributed by atoms with E-state index in [0.717, 1.165) is 33.5 Å². The van der Waals surface area contributed by atoms with Crippen LogP contribution in [0.4, 0.5) is 0 Å². The maximum absolute atomic E-state index is 13.3. The van der Waals surface area contributed by atoms with Gasteiger partial charge in [-0.05, 0) is 57.4 Å². The number of fused-ring (bicyclic) bond motifs is 1. The first kappa shape index (κ1) is 22.5. The van der Waals surface area contributed by atoms with E-state index >= 15 is 0 Å². The Morgan fingerprint density at radius 2 is 1.55 bits per heavy atom. The van der Waals surface area contributed by atoms with Crippen molar-refractivity contribution < 1.29 is 4.79 Å². The highest BCUT2D eigenvalue weighted by Gasteiger charge is 2.20. The molecule has 0 aliphatic rings. The summed E-state index contributed by atoms with van der Waals surface area (Å²) in [5.41, 5.74) is 7.44. The van der Waals surface area contributed by atoms with Crippen LogP contribution >= 0.6 is 0 Å². The highest BCUT2D eigenvalue weighted by molar-refractivity contribution is 5.85. The third-order valence-electron chi connectivity index (χ3n) is 6.24. The molecular formula is C27H30N4O2. The normalized spacial score (nSPS) is 11.2. The topological polar surface area (TPSA) is 68.9 Å². The fourth-order valence-corrected chi connectivity index (χ4v) is 4.27. The van der Waals surface area contributed by atoms with Crippen molar-refractivity contribution in [3.63, 3.8) is 0 Å². The molecule has 0 fully saturated rings. The molecule has 0 unspecified atom stereocenters. The van der Waals surface area contributed by atoms with Crippen molar-refractivity contribution in [2.75, 3.05) is 0 Å². The molecule has 1 N–H and O–H groups in total. The van der Waals surface area contributed by atoms with Gasteiger partial charge in [-0.2, -0.15) is 5.10 Å². The number of amides is 1. The molecule has 0 spiro atoms. The molecule has 0 atom stereocenters. The number of hydrogen-bond acceptors (Lipinski definition) is 3. The zero-order valence-corrected chi connectivity index (χ0v) is 19.9. The molecule has 170 valence electrons. The van der Waals surface area contributed by atoms with Crippen LogP contribution in [-0.4, -0.2) is 20.3 Å². The summed E-state index contributed by atoms with van der Waals surface area (Å²) in [6, 6.07) is 16.2. The molecule has 6 nitrogen and oxygen atoms in total. The minimum Gasteiger partial charge on any atom is -0.352 e. The van der Waals surface area contributed by atoms with Crippen LogP contribution in [0, 0.1) is 27.7 Å². The lowest BCUT2D eigenvalue weighted by Crippen LogP contribution is -2.27. The van der Waals surface area contributed by atoms with Crippen LogP contribution < -0.4 is 10.9 Å². The van der Waals surface area contributed by atoms with E-state index < -0.39 is 0 Å². The van der Waals surface area contributed by atoms with Crippen LogP contribution in [0.3, 0.4) is 0 Å². The van der Waals surface area contributed by atoms with Gasteiger partial charge in [0.2, 0.25) is 5.91 Å². The van der Waals surface area contributed by atoms with Gasteiger partial charge in [-0.3, -0.25) is 14.2 Å². The molecule has 4 aromatic rings. The summed E-state index contributed by atoms with van der Waals surface area (Å²) in [6.07, 6.45) is 0.655. The Labute approximate surface area is 193 Å².